The molecular formula is C28H30O10. The number of carbonyl (C=O) groups excluding carboxylic acids is 3. The Bertz CT molecular complexity index is 1320. The van der Waals surface area contributed by atoms with Crippen LogP contribution in [0.4, 0.5) is 0 Å². The minimum Gasteiger partial charge on any atom is -0.507 e. The molecule has 3 N–H and O–H groups in total. The van der Waals surface area contributed by atoms with E-state index < -0.39 is 48.1 Å². The van der Waals surface area contributed by atoms with Crippen molar-refractivity contribution in [2.24, 2.45) is 0 Å². The van der Waals surface area contributed by atoms with E-state index in [1.165, 1.54) is 32.2 Å². The molecule has 1 aliphatic carbocycles. The molecule has 4 rings (SSSR count). The third-order valence-corrected chi connectivity index (χ3v) is 6.57. The summed E-state index contributed by atoms with van der Waals surface area (Å²) in [5.41, 5.74) is 1.86. The van der Waals surface area contributed by atoms with Crippen molar-refractivity contribution in [3.05, 3.63) is 63.7 Å². The third-order valence-electron chi connectivity index (χ3n) is 6.57. The molecular weight excluding hydrogens is 496 g/mol. The zero-order valence-electron chi connectivity index (χ0n) is 21.7. The van der Waals surface area contributed by atoms with Crippen LogP contribution in [0.15, 0.2) is 35.9 Å². The van der Waals surface area contributed by atoms with Gasteiger partial charge in [0.25, 0.3) is 0 Å². The molecule has 0 saturated carbocycles. The molecule has 1 aliphatic heterocycles. The predicted molar refractivity (Wildman–Crippen MR) is 133 cm³/mol. The van der Waals surface area contributed by atoms with Crippen LogP contribution >= 0.6 is 0 Å². The van der Waals surface area contributed by atoms with E-state index in [1.54, 1.807) is 32.9 Å². The number of rotatable bonds is 5. The lowest BCUT2D eigenvalue weighted by molar-refractivity contribution is -0.217. The second kappa shape index (κ2) is 10.5. The quantitative estimate of drug-likeness (QED) is 0.392. The first-order valence-corrected chi connectivity index (χ1v) is 12.0. The number of aliphatic hydroxyl groups is 1. The van der Waals surface area contributed by atoms with Crippen molar-refractivity contribution in [2.75, 3.05) is 13.7 Å². The lowest BCUT2D eigenvalue weighted by Crippen LogP contribution is -2.58. The van der Waals surface area contributed by atoms with Crippen LogP contribution in [-0.2, 0) is 23.8 Å². The number of ketones is 1. The Morgan fingerprint density at radius 2 is 1.63 bits per heavy atom. The van der Waals surface area contributed by atoms with Gasteiger partial charge in [-0.3, -0.25) is 9.59 Å². The number of aliphatic hydroxyl groups excluding tert-OH is 1. The number of aryl methyl sites for hydroxylation is 1. The summed E-state index contributed by atoms with van der Waals surface area (Å²) in [6.45, 7) is 6.11. The third kappa shape index (κ3) is 4.97. The van der Waals surface area contributed by atoms with Crippen LogP contribution in [0.25, 0.3) is 0 Å². The maximum Gasteiger partial charge on any atom is 0.331 e. The molecule has 10 nitrogen and oxygen atoms in total. The summed E-state index contributed by atoms with van der Waals surface area (Å²) in [7, 11) is 1.40. The van der Waals surface area contributed by atoms with Gasteiger partial charge in [-0.25, -0.2) is 4.79 Å². The van der Waals surface area contributed by atoms with Gasteiger partial charge in [-0.1, -0.05) is 11.6 Å². The van der Waals surface area contributed by atoms with Gasteiger partial charge in [0.05, 0.1) is 30.9 Å². The summed E-state index contributed by atoms with van der Waals surface area (Å²) in [5.74, 6) is -3.28. The van der Waals surface area contributed by atoms with Crippen LogP contribution in [0.5, 0.6) is 17.2 Å². The molecule has 2 aromatic carbocycles. The van der Waals surface area contributed by atoms with Crippen LogP contribution in [0.2, 0.25) is 0 Å². The first kappa shape index (κ1) is 27.2. The topological polar surface area (TPSA) is 149 Å². The first-order valence-electron chi connectivity index (χ1n) is 12.0. The number of phenols is 2. The van der Waals surface area contributed by atoms with E-state index >= 15 is 0 Å². The van der Waals surface area contributed by atoms with Crippen molar-refractivity contribution in [3.63, 3.8) is 0 Å². The molecule has 0 aromatic heterocycles. The van der Waals surface area contributed by atoms with Gasteiger partial charge < -0.3 is 34.3 Å². The highest BCUT2D eigenvalue weighted by atomic mass is 16.6. The second-order valence-corrected chi connectivity index (χ2v) is 9.73. The van der Waals surface area contributed by atoms with E-state index in [4.69, 9.17) is 18.9 Å². The molecule has 202 valence electrons. The number of carbonyl (C=O) groups is 3. The van der Waals surface area contributed by atoms with Gasteiger partial charge in [0, 0.05) is 25.0 Å². The molecule has 0 radical (unpaired) electrons. The Balaban J connectivity index is 1.87. The number of hydrogen-bond donors (Lipinski definition) is 3. The van der Waals surface area contributed by atoms with Crippen LogP contribution in [-0.4, -0.2) is 71.2 Å². The van der Waals surface area contributed by atoms with E-state index in [0.29, 0.717) is 22.3 Å². The van der Waals surface area contributed by atoms with E-state index in [0.717, 1.165) is 0 Å². The van der Waals surface area contributed by atoms with Gasteiger partial charge in [0.2, 0.25) is 5.78 Å². The lowest BCUT2D eigenvalue weighted by Gasteiger charge is -2.43. The lowest BCUT2D eigenvalue weighted by atomic mass is 9.71. The second-order valence-electron chi connectivity index (χ2n) is 9.73. The summed E-state index contributed by atoms with van der Waals surface area (Å²) < 4.78 is 22.2. The van der Waals surface area contributed by atoms with Gasteiger partial charge >= 0.3 is 11.9 Å². The number of benzene rings is 2. The number of hydrogen-bond acceptors (Lipinski definition) is 10. The maximum atomic E-state index is 13.5. The van der Waals surface area contributed by atoms with Gasteiger partial charge in [0.1, 0.15) is 23.4 Å². The molecule has 2 aliphatic rings. The average molecular weight is 527 g/mol. The molecule has 0 unspecified atom stereocenters. The zero-order chi connectivity index (χ0) is 27.9. The van der Waals surface area contributed by atoms with Gasteiger partial charge in [0.15, 0.2) is 12.2 Å². The van der Waals surface area contributed by atoms with Gasteiger partial charge in [-0.15, -0.1) is 0 Å². The molecule has 1 fully saturated rings. The number of ether oxygens (including phenoxy) is 4. The summed E-state index contributed by atoms with van der Waals surface area (Å²) in [5, 5.41) is 33.1. The van der Waals surface area contributed by atoms with Crippen molar-refractivity contribution in [1.29, 1.82) is 0 Å². The minimum absolute atomic E-state index is 0.0374. The summed E-state index contributed by atoms with van der Waals surface area (Å²) in [6, 6.07) is 5.95. The summed E-state index contributed by atoms with van der Waals surface area (Å²) in [4.78, 5) is 37.7. The van der Waals surface area contributed by atoms with E-state index in [1.807, 2.05) is 0 Å². The first-order chi connectivity index (χ1) is 17.9. The fraction of sp³-hybridized carbons (Fsp3) is 0.393. The van der Waals surface area contributed by atoms with E-state index in [9.17, 15) is 29.7 Å². The van der Waals surface area contributed by atoms with Gasteiger partial charge in [-0.2, -0.15) is 0 Å². The Morgan fingerprint density at radius 3 is 2.24 bits per heavy atom. The number of esters is 2. The largest absolute Gasteiger partial charge is 0.507 e. The summed E-state index contributed by atoms with van der Waals surface area (Å²) in [6.07, 6.45) is -3.82. The summed E-state index contributed by atoms with van der Waals surface area (Å²) >= 11 is 0. The average Bonchev–Trinajstić information content (AvgIpc) is 2.80. The maximum absolute atomic E-state index is 13.5. The van der Waals surface area contributed by atoms with Crippen molar-refractivity contribution in [1.82, 2.24) is 0 Å². The Kier molecular flexibility index (Phi) is 7.48. The van der Waals surface area contributed by atoms with Crippen molar-refractivity contribution < 1.29 is 48.7 Å². The number of allylic oxidation sites excluding steroid dienone is 1. The highest BCUT2D eigenvalue weighted by Crippen LogP contribution is 2.48. The van der Waals surface area contributed by atoms with Gasteiger partial charge in [-0.05, 0) is 49.6 Å². The van der Waals surface area contributed by atoms with Crippen molar-refractivity contribution >= 4 is 17.7 Å². The van der Waals surface area contributed by atoms with Crippen LogP contribution < -0.4 is 4.74 Å². The van der Waals surface area contributed by atoms with Crippen molar-refractivity contribution in [2.45, 2.75) is 58.0 Å². The fourth-order valence-electron chi connectivity index (χ4n) is 5.13. The number of aromatic hydroxyl groups is 2. The number of phenolic OH excluding ortho intramolecular Hbond substituents is 2. The molecule has 0 spiro atoms. The molecule has 10 heteroatoms. The monoisotopic (exact) mass is 526 g/mol. The SMILES string of the molecule is COc1cc(O)c2c(c1)[C@@H]([C@@H]1OC[C@@H](OC(C)=O)[C@@H](OC(=O)C=C(C)C)[C@@H]1O)c1cc(C)cc(O)c1C2=O. The van der Waals surface area contributed by atoms with Crippen LogP contribution in [0.1, 0.15) is 59.3 Å². The van der Waals surface area contributed by atoms with E-state index in [-0.39, 0.29) is 35.0 Å². The molecule has 0 bridgehead atoms. The molecule has 1 saturated heterocycles. The predicted octanol–water partition coefficient (Wildman–Crippen LogP) is 2.66. The van der Waals surface area contributed by atoms with Crippen LogP contribution in [0.3, 0.4) is 0 Å². The number of fused-ring (bicyclic) bond motifs is 2. The highest BCUT2D eigenvalue weighted by molar-refractivity contribution is 6.16. The van der Waals surface area contributed by atoms with Crippen molar-refractivity contribution in [3.8, 4) is 17.2 Å². The van der Waals surface area contributed by atoms with Crippen LogP contribution in [0, 0.1) is 6.92 Å². The van der Waals surface area contributed by atoms with E-state index in [2.05, 4.69) is 0 Å². The Labute approximate surface area is 219 Å². The molecule has 0 amide bonds. The Hall–Kier alpha value is -3.89. The molecule has 1 heterocycles. The fourth-order valence-corrected chi connectivity index (χ4v) is 5.13. The standard InChI is InChI=1S/C28H30O10/c1-12(2)6-21(32)38-27-20(37-14(4)29)11-36-28(26(27)34)22-16-7-13(3)8-18(30)23(16)25(33)24-17(22)9-15(35-5)10-19(24)31/h6-10,20,22,26-28,30-31,34H,11H2,1-5H3/t20-,22+,26+,27-,28+/m1/s1. The zero-order valence-corrected chi connectivity index (χ0v) is 21.7. The Morgan fingerprint density at radius 1 is 1.00 bits per heavy atom. The number of methoxy groups -OCH3 is 1. The molecule has 38 heavy (non-hydrogen) atoms. The minimum atomic E-state index is -1.53. The highest BCUT2D eigenvalue weighted by Gasteiger charge is 2.50. The normalized spacial score (nSPS) is 24.1. The smallest absolute Gasteiger partial charge is 0.331 e. The molecule has 5 atom stereocenters. The molecule has 2 aromatic rings.